The number of aromatic nitrogens is 2. The Kier molecular flexibility index (Phi) is 4.70. The fourth-order valence-electron chi connectivity index (χ4n) is 2.34. The molecule has 0 radical (unpaired) electrons. The predicted molar refractivity (Wildman–Crippen MR) is 80.7 cm³/mol. The van der Waals surface area contributed by atoms with E-state index in [1.54, 1.807) is 24.5 Å². The Balaban J connectivity index is 1.55. The zero-order valence-electron chi connectivity index (χ0n) is 12.2. The van der Waals surface area contributed by atoms with Crippen LogP contribution in [0.5, 0.6) is 5.88 Å². The maximum absolute atomic E-state index is 11.9. The standard InChI is InChI=1S/C16H19N3O3/c20-16(14-2-1-6-17-14)19-11-12-3-7-18-15(10-12)22-13-4-8-21-9-5-13/h1-3,6-7,10,13,17H,4-5,8-9,11H2,(H,19,20). The molecule has 1 aliphatic heterocycles. The second-order valence-electron chi connectivity index (χ2n) is 5.20. The molecule has 0 aliphatic carbocycles. The van der Waals surface area contributed by atoms with Crippen LogP contribution in [0.1, 0.15) is 28.9 Å². The number of pyridine rings is 1. The van der Waals surface area contributed by atoms with Gasteiger partial charge in [-0.1, -0.05) is 0 Å². The van der Waals surface area contributed by atoms with Crippen LogP contribution in [-0.4, -0.2) is 35.2 Å². The highest BCUT2D eigenvalue weighted by Crippen LogP contribution is 2.16. The first kappa shape index (κ1) is 14.6. The number of amides is 1. The Morgan fingerprint density at radius 2 is 2.27 bits per heavy atom. The quantitative estimate of drug-likeness (QED) is 0.884. The van der Waals surface area contributed by atoms with E-state index < -0.39 is 0 Å². The second-order valence-corrected chi connectivity index (χ2v) is 5.20. The molecule has 0 bridgehead atoms. The first-order chi connectivity index (χ1) is 10.8. The first-order valence-corrected chi connectivity index (χ1v) is 7.42. The molecule has 0 aromatic carbocycles. The normalized spacial score (nSPS) is 15.5. The smallest absolute Gasteiger partial charge is 0.267 e. The molecule has 0 saturated carbocycles. The zero-order chi connectivity index (χ0) is 15.2. The van der Waals surface area contributed by atoms with Crippen LogP contribution in [0.15, 0.2) is 36.7 Å². The highest BCUT2D eigenvalue weighted by Gasteiger charge is 2.16. The van der Waals surface area contributed by atoms with Crippen LogP contribution in [0.3, 0.4) is 0 Å². The number of aromatic amines is 1. The van der Waals surface area contributed by atoms with Crippen LogP contribution in [0.25, 0.3) is 0 Å². The van der Waals surface area contributed by atoms with Gasteiger partial charge in [0.1, 0.15) is 11.8 Å². The number of nitrogens with zero attached hydrogens (tertiary/aromatic N) is 1. The summed E-state index contributed by atoms with van der Waals surface area (Å²) in [7, 11) is 0. The number of hydrogen-bond donors (Lipinski definition) is 2. The molecular weight excluding hydrogens is 282 g/mol. The SMILES string of the molecule is O=C(NCc1ccnc(OC2CCOCC2)c1)c1ccc[nH]1. The number of H-pyrrole nitrogens is 1. The van der Waals surface area contributed by atoms with Crippen molar-refractivity contribution in [3.05, 3.63) is 47.9 Å². The van der Waals surface area contributed by atoms with Gasteiger partial charge in [-0.15, -0.1) is 0 Å². The van der Waals surface area contributed by atoms with Crippen molar-refractivity contribution < 1.29 is 14.3 Å². The molecule has 2 aromatic rings. The average Bonchev–Trinajstić information content (AvgIpc) is 3.08. The fraction of sp³-hybridized carbons (Fsp3) is 0.375. The minimum Gasteiger partial charge on any atom is -0.474 e. The molecule has 3 rings (SSSR count). The maximum Gasteiger partial charge on any atom is 0.267 e. The summed E-state index contributed by atoms with van der Waals surface area (Å²) in [5, 5.41) is 2.86. The molecule has 2 aromatic heterocycles. The van der Waals surface area contributed by atoms with Gasteiger partial charge in [0, 0.05) is 37.8 Å². The third-order valence-corrected chi connectivity index (χ3v) is 3.55. The first-order valence-electron chi connectivity index (χ1n) is 7.42. The molecule has 6 heteroatoms. The predicted octanol–water partition coefficient (Wildman–Crippen LogP) is 1.90. The number of nitrogens with one attached hydrogen (secondary N) is 2. The van der Waals surface area contributed by atoms with Gasteiger partial charge in [-0.2, -0.15) is 0 Å². The lowest BCUT2D eigenvalue weighted by atomic mass is 10.1. The van der Waals surface area contributed by atoms with Crippen LogP contribution in [0.2, 0.25) is 0 Å². The second kappa shape index (κ2) is 7.09. The third kappa shape index (κ3) is 3.85. The molecule has 1 aliphatic rings. The lowest BCUT2D eigenvalue weighted by Gasteiger charge is -2.22. The van der Waals surface area contributed by atoms with Gasteiger partial charge in [-0.3, -0.25) is 4.79 Å². The summed E-state index contributed by atoms with van der Waals surface area (Å²) in [5.74, 6) is 0.465. The van der Waals surface area contributed by atoms with Crippen LogP contribution in [0.4, 0.5) is 0 Å². The van der Waals surface area contributed by atoms with Gasteiger partial charge in [-0.25, -0.2) is 4.98 Å². The van der Waals surface area contributed by atoms with Gasteiger partial charge in [-0.05, 0) is 23.8 Å². The average molecular weight is 301 g/mol. The van der Waals surface area contributed by atoms with Crippen molar-refractivity contribution in [1.82, 2.24) is 15.3 Å². The van der Waals surface area contributed by atoms with E-state index in [2.05, 4.69) is 15.3 Å². The largest absolute Gasteiger partial charge is 0.474 e. The van der Waals surface area contributed by atoms with Crippen LogP contribution < -0.4 is 10.1 Å². The van der Waals surface area contributed by atoms with Crippen LogP contribution in [0, 0.1) is 0 Å². The summed E-state index contributed by atoms with van der Waals surface area (Å²) in [6.07, 6.45) is 5.35. The monoisotopic (exact) mass is 301 g/mol. The van der Waals surface area contributed by atoms with Crippen molar-refractivity contribution in [2.45, 2.75) is 25.5 Å². The lowest BCUT2D eigenvalue weighted by molar-refractivity contribution is 0.0237. The van der Waals surface area contributed by atoms with Crippen molar-refractivity contribution in [3.63, 3.8) is 0 Å². The van der Waals surface area contributed by atoms with E-state index in [-0.39, 0.29) is 12.0 Å². The molecule has 0 spiro atoms. The summed E-state index contributed by atoms with van der Waals surface area (Å²) >= 11 is 0. The number of carbonyl (C=O) groups is 1. The number of hydrogen-bond acceptors (Lipinski definition) is 4. The Morgan fingerprint density at radius 3 is 3.05 bits per heavy atom. The zero-order valence-corrected chi connectivity index (χ0v) is 12.2. The molecule has 2 N–H and O–H groups in total. The van der Waals surface area contributed by atoms with Gasteiger partial charge in [0.25, 0.3) is 5.91 Å². The van der Waals surface area contributed by atoms with E-state index >= 15 is 0 Å². The molecule has 1 fully saturated rings. The van der Waals surface area contributed by atoms with Crippen molar-refractivity contribution in [3.8, 4) is 5.88 Å². The molecule has 0 atom stereocenters. The Labute approximate surface area is 128 Å². The van der Waals surface area contributed by atoms with E-state index in [0.717, 1.165) is 31.6 Å². The summed E-state index contributed by atoms with van der Waals surface area (Å²) in [4.78, 5) is 19.0. The minimum absolute atomic E-state index is 0.131. The Bertz CT molecular complexity index is 607. The van der Waals surface area contributed by atoms with Crippen LogP contribution >= 0.6 is 0 Å². The topological polar surface area (TPSA) is 76.2 Å². The van der Waals surface area contributed by atoms with Crippen molar-refractivity contribution >= 4 is 5.91 Å². The summed E-state index contributed by atoms with van der Waals surface area (Å²) in [6.45, 7) is 1.90. The number of rotatable bonds is 5. The highest BCUT2D eigenvalue weighted by molar-refractivity contribution is 5.92. The van der Waals surface area contributed by atoms with Crippen molar-refractivity contribution in [2.24, 2.45) is 0 Å². The molecule has 116 valence electrons. The van der Waals surface area contributed by atoms with Crippen LogP contribution in [-0.2, 0) is 11.3 Å². The summed E-state index contributed by atoms with van der Waals surface area (Å²) < 4.78 is 11.2. The number of ether oxygens (including phenoxy) is 2. The van der Waals surface area contributed by atoms with Crippen molar-refractivity contribution in [1.29, 1.82) is 0 Å². The molecule has 0 unspecified atom stereocenters. The van der Waals surface area contributed by atoms with E-state index in [1.807, 2.05) is 12.1 Å². The summed E-state index contributed by atoms with van der Waals surface area (Å²) in [6, 6.07) is 7.26. The van der Waals surface area contributed by atoms with Gasteiger partial charge >= 0.3 is 0 Å². The minimum atomic E-state index is -0.131. The third-order valence-electron chi connectivity index (χ3n) is 3.55. The van der Waals surface area contributed by atoms with E-state index in [1.165, 1.54) is 0 Å². The summed E-state index contributed by atoms with van der Waals surface area (Å²) in [5.41, 5.74) is 1.50. The van der Waals surface area contributed by atoms with E-state index in [9.17, 15) is 4.79 Å². The Hall–Kier alpha value is -2.34. The van der Waals surface area contributed by atoms with Gasteiger partial charge < -0.3 is 19.8 Å². The molecule has 6 nitrogen and oxygen atoms in total. The molecular formula is C16H19N3O3. The molecule has 1 saturated heterocycles. The number of carbonyl (C=O) groups excluding carboxylic acids is 1. The maximum atomic E-state index is 11.9. The Morgan fingerprint density at radius 1 is 1.41 bits per heavy atom. The fourth-order valence-corrected chi connectivity index (χ4v) is 2.34. The molecule has 3 heterocycles. The van der Waals surface area contributed by atoms with Gasteiger partial charge in [0.15, 0.2) is 0 Å². The molecule has 1 amide bonds. The van der Waals surface area contributed by atoms with E-state index in [0.29, 0.717) is 18.1 Å². The van der Waals surface area contributed by atoms with Gasteiger partial charge in [0.05, 0.1) is 13.2 Å². The van der Waals surface area contributed by atoms with Gasteiger partial charge in [0.2, 0.25) is 5.88 Å². The lowest BCUT2D eigenvalue weighted by Crippen LogP contribution is -2.26. The van der Waals surface area contributed by atoms with Crippen molar-refractivity contribution in [2.75, 3.05) is 13.2 Å². The van der Waals surface area contributed by atoms with E-state index in [4.69, 9.17) is 9.47 Å². The molecule has 22 heavy (non-hydrogen) atoms. The highest BCUT2D eigenvalue weighted by atomic mass is 16.5.